The van der Waals surface area contributed by atoms with Gasteiger partial charge in [-0.05, 0) is 45.0 Å². The minimum atomic E-state index is -3.39. The van der Waals surface area contributed by atoms with Crippen molar-refractivity contribution < 1.29 is 27.3 Å². The molecular weight excluding hydrogens is 446 g/mol. The van der Waals surface area contributed by atoms with Crippen molar-refractivity contribution in [1.82, 2.24) is 9.72 Å². The van der Waals surface area contributed by atoms with E-state index in [1.807, 2.05) is 6.92 Å². The van der Waals surface area contributed by atoms with Gasteiger partial charge in [0, 0.05) is 28.5 Å². The van der Waals surface area contributed by atoms with Gasteiger partial charge in [-0.2, -0.15) is 0 Å². The molecule has 1 amide bonds. The Labute approximate surface area is 191 Å². The number of anilines is 1. The molecule has 2 aromatic heterocycles. The number of para-hydroxylation sites is 1. The fourth-order valence-corrected chi connectivity index (χ4v) is 5.15. The van der Waals surface area contributed by atoms with Gasteiger partial charge in [-0.15, -0.1) is 0 Å². The second-order valence-electron chi connectivity index (χ2n) is 7.82. The summed E-state index contributed by atoms with van der Waals surface area (Å²) in [4.78, 5) is 27.2. The van der Waals surface area contributed by atoms with E-state index < -0.39 is 34.4 Å². The Morgan fingerprint density at radius 2 is 1.91 bits per heavy atom. The van der Waals surface area contributed by atoms with Gasteiger partial charge in [0.05, 0.1) is 17.4 Å². The van der Waals surface area contributed by atoms with Crippen molar-refractivity contribution in [3.05, 3.63) is 76.7 Å². The fourth-order valence-electron chi connectivity index (χ4n) is 3.88. The highest BCUT2D eigenvalue weighted by molar-refractivity contribution is 7.94. The largest absolute Gasteiger partial charge is 0.452 e. The van der Waals surface area contributed by atoms with Crippen LogP contribution in [0.5, 0.6) is 0 Å². The van der Waals surface area contributed by atoms with E-state index in [1.165, 1.54) is 11.0 Å². The van der Waals surface area contributed by atoms with Gasteiger partial charge in [-0.3, -0.25) is 9.36 Å². The third kappa shape index (κ3) is 4.61. The van der Waals surface area contributed by atoms with Gasteiger partial charge in [0.15, 0.2) is 22.3 Å². The highest BCUT2D eigenvalue weighted by atomic mass is 32.2. The molecule has 10 heteroatoms. The van der Waals surface area contributed by atoms with Crippen LogP contribution in [0.1, 0.15) is 27.5 Å². The van der Waals surface area contributed by atoms with Crippen LogP contribution in [0.3, 0.4) is 0 Å². The molecule has 1 aromatic carbocycles. The highest BCUT2D eigenvalue weighted by Crippen LogP contribution is 2.24. The average molecular weight is 470 g/mol. The number of hydrogen-bond donors (Lipinski definition) is 0. The molecule has 3 aromatic rings. The number of carbonyl (C=O) groups excluding carboxylic acids is 2. The van der Waals surface area contributed by atoms with Gasteiger partial charge < -0.3 is 14.2 Å². The Hall–Kier alpha value is -3.66. The zero-order chi connectivity index (χ0) is 23.8. The van der Waals surface area contributed by atoms with Gasteiger partial charge in [0.2, 0.25) is 0 Å². The summed E-state index contributed by atoms with van der Waals surface area (Å²) in [6, 6.07) is 11.4. The molecule has 0 fully saturated rings. The SMILES string of the molecule is Cc1cc(-n2c(C)cc(C(=O)OCC(=O)N(c3ccccc3)C3C=CS(=O)(=O)C3)c2C)no1. The summed E-state index contributed by atoms with van der Waals surface area (Å²) in [5, 5.41) is 5.09. The Kier molecular flexibility index (Phi) is 5.94. The number of esters is 1. The van der Waals surface area contributed by atoms with Crippen molar-refractivity contribution >= 4 is 27.4 Å². The Balaban J connectivity index is 1.52. The lowest BCUT2D eigenvalue weighted by atomic mass is 10.2. The maximum Gasteiger partial charge on any atom is 0.340 e. The van der Waals surface area contributed by atoms with Crippen LogP contribution in [0.15, 0.2) is 58.5 Å². The molecule has 0 spiro atoms. The zero-order valence-corrected chi connectivity index (χ0v) is 19.2. The molecule has 1 aliphatic heterocycles. The topological polar surface area (TPSA) is 112 Å². The quantitative estimate of drug-likeness (QED) is 0.510. The summed E-state index contributed by atoms with van der Waals surface area (Å²) in [7, 11) is -3.39. The van der Waals surface area contributed by atoms with E-state index in [-0.39, 0.29) is 5.75 Å². The van der Waals surface area contributed by atoms with Crippen LogP contribution >= 0.6 is 0 Å². The van der Waals surface area contributed by atoms with Crippen LogP contribution in [0.2, 0.25) is 0 Å². The number of amides is 1. The maximum absolute atomic E-state index is 13.1. The van der Waals surface area contributed by atoms with Crippen molar-refractivity contribution in [3.63, 3.8) is 0 Å². The van der Waals surface area contributed by atoms with E-state index >= 15 is 0 Å². The predicted molar refractivity (Wildman–Crippen MR) is 121 cm³/mol. The number of aromatic nitrogens is 2. The lowest BCUT2D eigenvalue weighted by Gasteiger charge is -2.27. The van der Waals surface area contributed by atoms with Crippen LogP contribution in [0.25, 0.3) is 5.82 Å². The molecule has 0 radical (unpaired) electrons. The number of nitrogens with zero attached hydrogens (tertiary/aromatic N) is 3. The second-order valence-corrected chi connectivity index (χ2v) is 9.75. The number of hydrogen-bond acceptors (Lipinski definition) is 7. The third-order valence-electron chi connectivity index (χ3n) is 5.37. The highest BCUT2D eigenvalue weighted by Gasteiger charge is 2.32. The van der Waals surface area contributed by atoms with Gasteiger partial charge in [-0.1, -0.05) is 23.4 Å². The van der Waals surface area contributed by atoms with Gasteiger partial charge in [-0.25, -0.2) is 13.2 Å². The van der Waals surface area contributed by atoms with Crippen LogP contribution < -0.4 is 4.90 Å². The molecule has 33 heavy (non-hydrogen) atoms. The molecule has 0 bridgehead atoms. The molecule has 3 heterocycles. The first kappa shape index (κ1) is 22.5. The monoisotopic (exact) mass is 469 g/mol. The van der Waals surface area contributed by atoms with Crippen molar-refractivity contribution in [2.24, 2.45) is 0 Å². The minimum Gasteiger partial charge on any atom is -0.452 e. The van der Waals surface area contributed by atoms with Gasteiger partial charge >= 0.3 is 5.97 Å². The normalized spacial score (nSPS) is 16.6. The zero-order valence-electron chi connectivity index (χ0n) is 18.4. The Morgan fingerprint density at radius 3 is 2.52 bits per heavy atom. The number of aryl methyl sites for hydroxylation is 2. The van der Waals surface area contributed by atoms with Crippen LogP contribution in [-0.2, 0) is 19.4 Å². The molecule has 1 atom stereocenters. The van der Waals surface area contributed by atoms with Crippen LogP contribution in [0, 0.1) is 20.8 Å². The van der Waals surface area contributed by atoms with E-state index in [0.717, 1.165) is 11.1 Å². The summed E-state index contributed by atoms with van der Waals surface area (Å²) in [5.41, 5.74) is 2.18. The van der Waals surface area contributed by atoms with E-state index in [1.54, 1.807) is 60.9 Å². The summed E-state index contributed by atoms with van der Waals surface area (Å²) in [6.45, 7) is 4.81. The van der Waals surface area contributed by atoms with Crippen molar-refractivity contribution in [1.29, 1.82) is 0 Å². The molecule has 172 valence electrons. The molecular formula is C23H23N3O6S. The number of rotatable bonds is 6. The molecule has 0 N–H and O–H groups in total. The minimum absolute atomic E-state index is 0.222. The summed E-state index contributed by atoms with van der Waals surface area (Å²) in [5.74, 6) is -0.231. The lowest BCUT2D eigenvalue weighted by Crippen LogP contribution is -2.43. The number of sulfone groups is 1. The van der Waals surface area contributed by atoms with Crippen LogP contribution in [0.4, 0.5) is 5.69 Å². The maximum atomic E-state index is 13.1. The lowest BCUT2D eigenvalue weighted by molar-refractivity contribution is -0.121. The molecule has 0 saturated heterocycles. The number of carbonyl (C=O) groups is 2. The summed E-state index contributed by atoms with van der Waals surface area (Å²) >= 11 is 0. The van der Waals surface area contributed by atoms with E-state index in [9.17, 15) is 18.0 Å². The van der Waals surface area contributed by atoms with E-state index in [2.05, 4.69) is 5.16 Å². The second kappa shape index (κ2) is 8.70. The average Bonchev–Trinajstić information content (AvgIpc) is 3.44. The fraction of sp³-hybridized carbons (Fsp3) is 0.261. The van der Waals surface area contributed by atoms with Crippen molar-refractivity contribution in [2.45, 2.75) is 26.8 Å². The van der Waals surface area contributed by atoms with Gasteiger partial charge in [0.25, 0.3) is 5.91 Å². The Morgan fingerprint density at radius 1 is 1.18 bits per heavy atom. The smallest absolute Gasteiger partial charge is 0.340 e. The molecule has 0 aliphatic carbocycles. The first-order valence-electron chi connectivity index (χ1n) is 10.2. The van der Waals surface area contributed by atoms with Gasteiger partial charge in [0.1, 0.15) is 5.76 Å². The number of ether oxygens (including phenoxy) is 1. The van der Waals surface area contributed by atoms with E-state index in [0.29, 0.717) is 28.5 Å². The first-order chi connectivity index (χ1) is 15.7. The standard InChI is InChI=1S/C23H23N3O6S/c1-15-11-20(17(3)25(15)21-12-16(2)32-24-21)23(28)31-13-22(27)26(18-7-5-4-6-8-18)19-9-10-33(29,30)14-19/h4-12,19H,13-14H2,1-3H3. The van der Waals surface area contributed by atoms with Crippen molar-refractivity contribution in [2.75, 3.05) is 17.3 Å². The molecule has 9 nitrogen and oxygen atoms in total. The Bertz CT molecular complexity index is 1340. The molecule has 1 aliphatic rings. The van der Waals surface area contributed by atoms with Crippen LogP contribution in [-0.4, -0.2) is 48.4 Å². The van der Waals surface area contributed by atoms with E-state index in [4.69, 9.17) is 9.26 Å². The predicted octanol–water partition coefficient (Wildman–Crippen LogP) is 2.89. The molecule has 4 rings (SSSR count). The first-order valence-corrected chi connectivity index (χ1v) is 12.0. The summed E-state index contributed by atoms with van der Waals surface area (Å²) in [6.07, 6.45) is 1.47. The number of benzene rings is 1. The summed E-state index contributed by atoms with van der Waals surface area (Å²) < 4.78 is 36.1. The molecule has 0 saturated carbocycles. The third-order valence-corrected chi connectivity index (χ3v) is 6.75. The van der Waals surface area contributed by atoms with Crippen molar-refractivity contribution in [3.8, 4) is 5.82 Å². The molecule has 1 unspecified atom stereocenters.